The fourth-order valence-corrected chi connectivity index (χ4v) is 2.18. The van der Waals surface area contributed by atoms with E-state index in [2.05, 4.69) is 10.6 Å². The second-order valence-corrected chi connectivity index (χ2v) is 5.35. The SMILES string of the molecule is Cc1ccc(NC(=O)CNc2cc(Cl)ccc2F)c(Cl)c1. The Morgan fingerprint density at radius 3 is 2.62 bits per heavy atom. The molecule has 0 saturated heterocycles. The molecule has 2 aromatic carbocycles. The lowest BCUT2D eigenvalue weighted by atomic mass is 10.2. The molecule has 110 valence electrons. The van der Waals surface area contributed by atoms with Crippen LogP contribution < -0.4 is 10.6 Å². The maximum atomic E-state index is 13.5. The second kappa shape index (κ2) is 6.78. The summed E-state index contributed by atoms with van der Waals surface area (Å²) in [7, 11) is 0. The Hall–Kier alpha value is -1.78. The Kier molecular flexibility index (Phi) is 5.04. The Morgan fingerprint density at radius 1 is 1.14 bits per heavy atom. The number of rotatable bonds is 4. The molecule has 0 unspecified atom stereocenters. The molecule has 0 aliphatic carbocycles. The van der Waals surface area contributed by atoms with Gasteiger partial charge in [0.2, 0.25) is 5.91 Å². The van der Waals surface area contributed by atoms with Crippen molar-refractivity contribution in [2.45, 2.75) is 6.92 Å². The van der Waals surface area contributed by atoms with Crippen LogP contribution in [0.25, 0.3) is 0 Å². The van der Waals surface area contributed by atoms with Crippen LogP contribution in [0.3, 0.4) is 0 Å². The van der Waals surface area contributed by atoms with Crippen LogP contribution in [-0.2, 0) is 4.79 Å². The lowest BCUT2D eigenvalue weighted by Crippen LogP contribution is -2.22. The lowest BCUT2D eigenvalue weighted by molar-refractivity contribution is -0.114. The highest BCUT2D eigenvalue weighted by molar-refractivity contribution is 6.33. The van der Waals surface area contributed by atoms with E-state index in [4.69, 9.17) is 23.2 Å². The summed E-state index contributed by atoms with van der Waals surface area (Å²) < 4.78 is 13.5. The fourth-order valence-electron chi connectivity index (χ4n) is 1.72. The number of carbonyl (C=O) groups excluding carboxylic acids is 1. The molecule has 0 aliphatic heterocycles. The highest BCUT2D eigenvalue weighted by atomic mass is 35.5. The molecule has 0 bridgehead atoms. The van der Waals surface area contributed by atoms with E-state index >= 15 is 0 Å². The first-order valence-electron chi connectivity index (χ1n) is 6.20. The average Bonchev–Trinajstić information content (AvgIpc) is 2.43. The third-order valence-corrected chi connectivity index (χ3v) is 3.31. The van der Waals surface area contributed by atoms with E-state index in [0.29, 0.717) is 15.7 Å². The molecule has 0 fully saturated rings. The molecule has 3 nitrogen and oxygen atoms in total. The van der Waals surface area contributed by atoms with Crippen LogP contribution in [0, 0.1) is 12.7 Å². The first kappa shape index (κ1) is 15.6. The molecule has 0 aliphatic rings. The molecule has 0 radical (unpaired) electrons. The van der Waals surface area contributed by atoms with Crippen LogP contribution in [0.2, 0.25) is 10.0 Å². The van der Waals surface area contributed by atoms with Crippen molar-refractivity contribution in [3.8, 4) is 0 Å². The van der Waals surface area contributed by atoms with Crippen LogP contribution in [0.1, 0.15) is 5.56 Å². The molecule has 2 aromatic rings. The molecule has 6 heteroatoms. The first-order valence-corrected chi connectivity index (χ1v) is 6.96. The summed E-state index contributed by atoms with van der Waals surface area (Å²) in [6.07, 6.45) is 0. The Morgan fingerprint density at radius 2 is 1.90 bits per heavy atom. The third-order valence-electron chi connectivity index (χ3n) is 2.77. The molecule has 2 N–H and O–H groups in total. The van der Waals surface area contributed by atoms with Crippen molar-refractivity contribution in [3.63, 3.8) is 0 Å². The number of amides is 1. The van der Waals surface area contributed by atoms with Crippen LogP contribution in [-0.4, -0.2) is 12.5 Å². The Balaban J connectivity index is 1.97. The van der Waals surface area contributed by atoms with Gasteiger partial charge in [-0.15, -0.1) is 0 Å². The molecule has 0 aromatic heterocycles. The van der Waals surface area contributed by atoms with Crippen molar-refractivity contribution >= 4 is 40.5 Å². The number of anilines is 2. The topological polar surface area (TPSA) is 41.1 Å². The largest absolute Gasteiger partial charge is 0.374 e. The zero-order chi connectivity index (χ0) is 15.4. The molecule has 21 heavy (non-hydrogen) atoms. The standard InChI is InChI=1S/C15H13Cl2FN2O/c1-9-2-5-13(11(17)6-9)20-15(21)8-19-14-7-10(16)3-4-12(14)18/h2-7,19H,8H2,1H3,(H,20,21). The highest BCUT2D eigenvalue weighted by Crippen LogP contribution is 2.23. The summed E-state index contributed by atoms with van der Waals surface area (Å²) in [5, 5.41) is 6.19. The molecular formula is C15H13Cl2FN2O. The van der Waals surface area contributed by atoms with Crippen molar-refractivity contribution < 1.29 is 9.18 Å². The Labute approximate surface area is 132 Å². The fraction of sp³-hybridized carbons (Fsp3) is 0.133. The van der Waals surface area contributed by atoms with Gasteiger partial charge in [0.25, 0.3) is 0 Å². The summed E-state index contributed by atoms with van der Waals surface area (Å²) in [6, 6.07) is 9.40. The van der Waals surface area contributed by atoms with Crippen LogP contribution in [0.15, 0.2) is 36.4 Å². The minimum absolute atomic E-state index is 0.0958. The summed E-state index contributed by atoms with van der Waals surface area (Å²) in [5.41, 5.74) is 1.69. The monoisotopic (exact) mass is 326 g/mol. The number of carbonyl (C=O) groups is 1. The van der Waals surface area contributed by atoms with Crippen molar-refractivity contribution in [2.75, 3.05) is 17.2 Å². The number of nitrogens with one attached hydrogen (secondary N) is 2. The predicted molar refractivity (Wildman–Crippen MR) is 84.7 cm³/mol. The van der Waals surface area contributed by atoms with Gasteiger partial charge < -0.3 is 10.6 Å². The normalized spacial score (nSPS) is 10.3. The summed E-state index contributed by atoms with van der Waals surface area (Å²) in [6.45, 7) is 1.81. The number of aryl methyl sites for hydroxylation is 1. The highest BCUT2D eigenvalue weighted by Gasteiger charge is 2.08. The minimum Gasteiger partial charge on any atom is -0.374 e. The van der Waals surface area contributed by atoms with Gasteiger partial charge in [-0.1, -0.05) is 29.3 Å². The molecule has 0 atom stereocenters. The molecular weight excluding hydrogens is 314 g/mol. The van der Waals surface area contributed by atoms with Crippen molar-refractivity contribution in [3.05, 3.63) is 57.8 Å². The molecule has 0 heterocycles. The summed E-state index contributed by atoms with van der Waals surface area (Å²) >= 11 is 11.8. The minimum atomic E-state index is -0.472. The predicted octanol–water partition coefficient (Wildman–Crippen LogP) is 4.49. The number of halogens is 3. The summed E-state index contributed by atoms with van der Waals surface area (Å²) in [4.78, 5) is 11.8. The maximum absolute atomic E-state index is 13.5. The number of hydrogen-bond donors (Lipinski definition) is 2. The van der Waals surface area contributed by atoms with Crippen LogP contribution >= 0.6 is 23.2 Å². The number of benzene rings is 2. The van der Waals surface area contributed by atoms with E-state index in [1.165, 1.54) is 18.2 Å². The third kappa shape index (κ3) is 4.34. The van der Waals surface area contributed by atoms with Gasteiger partial charge in [0.05, 0.1) is 22.9 Å². The first-order chi connectivity index (χ1) is 9.95. The van der Waals surface area contributed by atoms with E-state index in [0.717, 1.165) is 5.56 Å². The summed E-state index contributed by atoms with van der Waals surface area (Å²) in [5.74, 6) is -0.805. The van der Waals surface area contributed by atoms with Gasteiger partial charge in [-0.2, -0.15) is 0 Å². The van der Waals surface area contributed by atoms with E-state index in [9.17, 15) is 9.18 Å². The van der Waals surface area contributed by atoms with Gasteiger partial charge in [-0.25, -0.2) is 4.39 Å². The van der Waals surface area contributed by atoms with Crippen molar-refractivity contribution in [1.29, 1.82) is 0 Å². The molecule has 1 amide bonds. The second-order valence-electron chi connectivity index (χ2n) is 4.51. The maximum Gasteiger partial charge on any atom is 0.243 e. The van der Waals surface area contributed by atoms with Gasteiger partial charge in [-0.05, 0) is 42.8 Å². The van der Waals surface area contributed by atoms with Crippen molar-refractivity contribution in [2.24, 2.45) is 0 Å². The van der Waals surface area contributed by atoms with E-state index < -0.39 is 5.82 Å². The smallest absolute Gasteiger partial charge is 0.243 e. The van der Waals surface area contributed by atoms with E-state index in [-0.39, 0.29) is 18.1 Å². The van der Waals surface area contributed by atoms with E-state index in [1.807, 2.05) is 13.0 Å². The molecule has 0 spiro atoms. The van der Waals surface area contributed by atoms with Crippen molar-refractivity contribution in [1.82, 2.24) is 0 Å². The van der Waals surface area contributed by atoms with Gasteiger partial charge in [0.15, 0.2) is 0 Å². The molecule has 0 saturated carbocycles. The zero-order valence-corrected chi connectivity index (χ0v) is 12.7. The number of hydrogen-bond acceptors (Lipinski definition) is 2. The van der Waals surface area contributed by atoms with Gasteiger partial charge in [-0.3, -0.25) is 4.79 Å². The lowest BCUT2D eigenvalue weighted by Gasteiger charge is -2.10. The van der Waals surface area contributed by atoms with Gasteiger partial charge in [0.1, 0.15) is 5.82 Å². The van der Waals surface area contributed by atoms with Gasteiger partial charge in [0, 0.05) is 5.02 Å². The Bertz CT molecular complexity index is 677. The van der Waals surface area contributed by atoms with Crippen LogP contribution in [0.4, 0.5) is 15.8 Å². The molecule has 2 rings (SSSR count). The van der Waals surface area contributed by atoms with Gasteiger partial charge >= 0.3 is 0 Å². The average molecular weight is 327 g/mol. The van der Waals surface area contributed by atoms with Crippen LogP contribution in [0.5, 0.6) is 0 Å². The quantitative estimate of drug-likeness (QED) is 0.869. The zero-order valence-electron chi connectivity index (χ0n) is 11.2. The van der Waals surface area contributed by atoms with E-state index in [1.54, 1.807) is 12.1 Å².